The Bertz CT molecular complexity index is 403. The number of aryl methyl sites for hydroxylation is 1. The number of hydrogen-bond donors (Lipinski definition) is 2. The van der Waals surface area contributed by atoms with Crippen LogP contribution in [0.4, 0.5) is 5.13 Å². The zero-order valence-corrected chi connectivity index (χ0v) is 13.3. The van der Waals surface area contributed by atoms with Gasteiger partial charge in [-0.3, -0.25) is 0 Å². The molecule has 0 spiro atoms. The summed E-state index contributed by atoms with van der Waals surface area (Å²) in [5.74, 6) is 0. The maximum Gasteiger partial charge on any atom is 0.185 e. The second-order valence-electron chi connectivity index (χ2n) is 5.70. The molecular weight excluding hydrogens is 262 g/mol. The van der Waals surface area contributed by atoms with Gasteiger partial charge in [-0.1, -0.05) is 6.92 Å². The smallest absolute Gasteiger partial charge is 0.185 e. The standard InChI is InChI=1S/C13H25N3O2S/c1-10-11(19-12(14-10)15(3)4)6-16(5)7-13(2,8-17)9-18/h17-18H,6-9H2,1-5H3. The van der Waals surface area contributed by atoms with E-state index >= 15 is 0 Å². The van der Waals surface area contributed by atoms with E-state index in [0.29, 0.717) is 6.54 Å². The second-order valence-corrected chi connectivity index (χ2v) is 6.76. The molecule has 1 rings (SSSR count). The zero-order chi connectivity index (χ0) is 14.6. The highest BCUT2D eigenvalue weighted by Gasteiger charge is 2.25. The SMILES string of the molecule is Cc1nc(N(C)C)sc1CN(C)CC(C)(CO)CO. The van der Waals surface area contributed by atoms with E-state index in [1.54, 1.807) is 11.3 Å². The molecule has 1 aromatic rings. The average molecular weight is 287 g/mol. The predicted molar refractivity (Wildman–Crippen MR) is 79.8 cm³/mol. The summed E-state index contributed by atoms with van der Waals surface area (Å²) in [5, 5.41) is 19.7. The molecule has 0 radical (unpaired) electrons. The topological polar surface area (TPSA) is 59.8 Å². The molecule has 0 bridgehead atoms. The first-order chi connectivity index (χ1) is 8.81. The first-order valence-electron chi connectivity index (χ1n) is 6.35. The van der Waals surface area contributed by atoms with Crippen LogP contribution >= 0.6 is 11.3 Å². The fourth-order valence-corrected chi connectivity index (χ4v) is 2.92. The maximum absolute atomic E-state index is 9.33. The lowest BCUT2D eigenvalue weighted by atomic mass is 9.92. The number of hydrogen-bond acceptors (Lipinski definition) is 6. The Hall–Kier alpha value is -0.690. The number of nitrogens with zero attached hydrogens (tertiary/aromatic N) is 3. The first-order valence-corrected chi connectivity index (χ1v) is 7.17. The van der Waals surface area contributed by atoms with Crippen molar-refractivity contribution < 1.29 is 10.2 Å². The van der Waals surface area contributed by atoms with Crippen LogP contribution in [0, 0.1) is 12.3 Å². The van der Waals surface area contributed by atoms with Gasteiger partial charge in [-0.25, -0.2) is 4.98 Å². The van der Waals surface area contributed by atoms with Gasteiger partial charge in [-0.2, -0.15) is 0 Å². The number of aliphatic hydroxyl groups excluding tert-OH is 2. The fraction of sp³-hybridized carbons (Fsp3) is 0.769. The monoisotopic (exact) mass is 287 g/mol. The van der Waals surface area contributed by atoms with Crippen molar-refractivity contribution in [3.63, 3.8) is 0 Å². The molecule has 1 aromatic heterocycles. The molecule has 110 valence electrons. The largest absolute Gasteiger partial charge is 0.396 e. The number of anilines is 1. The van der Waals surface area contributed by atoms with Crippen LogP contribution < -0.4 is 4.90 Å². The van der Waals surface area contributed by atoms with E-state index < -0.39 is 5.41 Å². The normalized spacial score (nSPS) is 12.2. The minimum Gasteiger partial charge on any atom is -0.396 e. The van der Waals surface area contributed by atoms with Gasteiger partial charge in [-0.05, 0) is 14.0 Å². The third-order valence-electron chi connectivity index (χ3n) is 3.09. The third-order valence-corrected chi connectivity index (χ3v) is 4.40. The zero-order valence-electron chi connectivity index (χ0n) is 12.5. The van der Waals surface area contributed by atoms with Crippen LogP contribution in [-0.4, -0.2) is 61.0 Å². The van der Waals surface area contributed by atoms with Crippen LogP contribution in [0.1, 0.15) is 17.5 Å². The summed E-state index contributed by atoms with van der Waals surface area (Å²) in [7, 11) is 5.97. The van der Waals surface area contributed by atoms with E-state index in [1.165, 1.54) is 4.88 Å². The molecule has 0 amide bonds. The molecule has 0 aliphatic heterocycles. The molecule has 19 heavy (non-hydrogen) atoms. The summed E-state index contributed by atoms with van der Waals surface area (Å²) in [4.78, 5) is 9.87. The van der Waals surface area contributed by atoms with Crippen molar-refractivity contribution in [3.05, 3.63) is 10.6 Å². The Balaban J connectivity index is 2.69. The van der Waals surface area contributed by atoms with Gasteiger partial charge >= 0.3 is 0 Å². The summed E-state index contributed by atoms with van der Waals surface area (Å²) >= 11 is 1.69. The lowest BCUT2D eigenvalue weighted by molar-refractivity contribution is 0.0404. The van der Waals surface area contributed by atoms with Gasteiger partial charge in [0.05, 0.1) is 18.9 Å². The third kappa shape index (κ3) is 4.42. The van der Waals surface area contributed by atoms with Crippen molar-refractivity contribution in [1.29, 1.82) is 0 Å². The molecule has 0 saturated heterocycles. The van der Waals surface area contributed by atoms with E-state index in [-0.39, 0.29) is 13.2 Å². The quantitative estimate of drug-likeness (QED) is 0.781. The lowest BCUT2D eigenvalue weighted by Crippen LogP contribution is -2.38. The van der Waals surface area contributed by atoms with Gasteiger partial charge in [0.25, 0.3) is 0 Å². The molecule has 1 heterocycles. The van der Waals surface area contributed by atoms with Gasteiger partial charge in [-0.15, -0.1) is 11.3 Å². The van der Waals surface area contributed by atoms with E-state index in [1.807, 2.05) is 39.9 Å². The number of aromatic nitrogens is 1. The van der Waals surface area contributed by atoms with Gasteiger partial charge in [0.2, 0.25) is 0 Å². The number of aliphatic hydroxyl groups is 2. The molecular formula is C13H25N3O2S. The van der Waals surface area contributed by atoms with Gasteiger partial charge < -0.3 is 20.0 Å². The Morgan fingerprint density at radius 1 is 1.21 bits per heavy atom. The first kappa shape index (κ1) is 16.4. The Morgan fingerprint density at radius 2 is 1.79 bits per heavy atom. The van der Waals surface area contributed by atoms with Gasteiger partial charge in [0.1, 0.15) is 0 Å². The van der Waals surface area contributed by atoms with E-state index in [2.05, 4.69) is 9.88 Å². The molecule has 0 aromatic carbocycles. The molecule has 6 heteroatoms. The molecule has 0 fully saturated rings. The van der Waals surface area contributed by atoms with Crippen molar-refractivity contribution >= 4 is 16.5 Å². The highest BCUT2D eigenvalue weighted by atomic mass is 32.1. The summed E-state index contributed by atoms with van der Waals surface area (Å²) < 4.78 is 0. The predicted octanol–water partition coefficient (Wildman–Crippen LogP) is 0.940. The van der Waals surface area contributed by atoms with Crippen LogP contribution in [0.25, 0.3) is 0 Å². The highest BCUT2D eigenvalue weighted by molar-refractivity contribution is 7.15. The summed E-state index contributed by atoms with van der Waals surface area (Å²) in [5.41, 5.74) is 0.591. The maximum atomic E-state index is 9.33. The Kier molecular flexibility index (Phi) is 5.73. The van der Waals surface area contributed by atoms with Crippen LogP contribution in [0.5, 0.6) is 0 Å². The summed E-state index contributed by atoms with van der Waals surface area (Å²) in [6, 6.07) is 0. The molecule has 5 nitrogen and oxygen atoms in total. The van der Waals surface area contributed by atoms with Crippen LogP contribution in [0.3, 0.4) is 0 Å². The van der Waals surface area contributed by atoms with Crippen molar-refractivity contribution in [2.45, 2.75) is 20.4 Å². The molecule has 0 unspecified atom stereocenters. The Morgan fingerprint density at radius 3 is 2.21 bits per heavy atom. The van der Waals surface area contributed by atoms with E-state index in [0.717, 1.165) is 17.4 Å². The van der Waals surface area contributed by atoms with Crippen LogP contribution in [0.15, 0.2) is 0 Å². The summed E-state index contributed by atoms with van der Waals surface area (Å²) in [6.07, 6.45) is 0. The summed E-state index contributed by atoms with van der Waals surface area (Å²) in [6.45, 7) is 5.30. The molecule has 0 aliphatic rings. The van der Waals surface area contributed by atoms with Crippen molar-refractivity contribution in [2.75, 3.05) is 45.8 Å². The van der Waals surface area contributed by atoms with Gasteiger partial charge in [0, 0.05) is 37.5 Å². The minimum absolute atomic E-state index is 0.0154. The van der Waals surface area contributed by atoms with Gasteiger partial charge in [0.15, 0.2) is 5.13 Å². The van der Waals surface area contributed by atoms with E-state index in [4.69, 9.17) is 0 Å². The Labute approximate surface area is 119 Å². The molecule has 2 N–H and O–H groups in total. The second kappa shape index (κ2) is 6.65. The average Bonchev–Trinajstić information content (AvgIpc) is 2.71. The van der Waals surface area contributed by atoms with Crippen molar-refractivity contribution in [2.24, 2.45) is 5.41 Å². The van der Waals surface area contributed by atoms with Crippen LogP contribution in [-0.2, 0) is 6.54 Å². The highest BCUT2D eigenvalue weighted by Crippen LogP contribution is 2.26. The minimum atomic E-state index is -0.461. The molecule has 0 atom stereocenters. The van der Waals surface area contributed by atoms with Crippen LogP contribution in [0.2, 0.25) is 0 Å². The fourth-order valence-electron chi connectivity index (χ4n) is 1.85. The molecule has 0 aliphatic carbocycles. The molecule has 0 saturated carbocycles. The van der Waals surface area contributed by atoms with E-state index in [9.17, 15) is 10.2 Å². The number of thiazole rings is 1. The lowest BCUT2D eigenvalue weighted by Gasteiger charge is -2.30. The number of rotatable bonds is 7. The van der Waals surface area contributed by atoms with Crippen molar-refractivity contribution in [3.8, 4) is 0 Å². The van der Waals surface area contributed by atoms with Crippen molar-refractivity contribution in [1.82, 2.24) is 9.88 Å².